The van der Waals surface area contributed by atoms with Gasteiger partial charge in [0.25, 0.3) is 0 Å². The van der Waals surface area contributed by atoms with Crippen LogP contribution in [0.2, 0.25) is 0 Å². The number of halogens is 3. The van der Waals surface area contributed by atoms with Crippen molar-refractivity contribution in [2.24, 2.45) is 16.0 Å². The lowest BCUT2D eigenvalue weighted by Crippen LogP contribution is -2.32. The number of nitrogens with two attached hydrogens (primary N) is 1. The van der Waals surface area contributed by atoms with Gasteiger partial charge in [-0.05, 0) is 17.7 Å². The summed E-state index contributed by atoms with van der Waals surface area (Å²) in [5, 5.41) is 15.6. The summed E-state index contributed by atoms with van der Waals surface area (Å²) in [5.41, 5.74) is 4.00. The van der Waals surface area contributed by atoms with E-state index in [9.17, 15) is 18.0 Å². The number of H-pyrrole nitrogens is 1. The maximum atomic E-state index is 13.0. The molecule has 2 aromatic rings. The van der Waals surface area contributed by atoms with Crippen LogP contribution in [0.25, 0.3) is 10.9 Å². The molecule has 9 heteroatoms. The second kappa shape index (κ2) is 4.54. The van der Waals surface area contributed by atoms with Gasteiger partial charge in [0.1, 0.15) is 6.04 Å². The van der Waals surface area contributed by atoms with Crippen molar-refractivity contribution < 1.29 is 23.1 Å². The fraction of sp³-hybridized carbons (Fsp3) is 0.308. The largest absolute Gasteiger partial charge is 0.480 e. The minimum absolute atomic E-state index is 0.00604. The number of aromatic nitrogens is 1. The van der Waals surface area contributed by atoms with Gasteiger partial charge in [-0.2, -0.15) is 13.2 Å². The van der Waals surface area contributed by atoms with Gasteiger partial charge in [0.15, 0.2) is 0 Å². The van der Waals surface area contributed by atoms with E-state index in [1.54, 1.807) is 6.20 Å². The summed E-state index contributed by atoms with van der Waals surface area (Å²) in [6.07, 6.45) is -3.06. The normalized spacial score (nSPS) is 17.6. The molecule has 1 aliphatic rings. The highest BCUT2D eigenvalue weighted by Crippen LogP contribution is 2.52. The summed E-state index contributed by atoms with van der Waals surface area (Å²) in [7, 11) is 0. The van der Waals surface area contributed by atoms with E-state index in [4.69, 9.17) is 10.8 Å². The third kappa shape index (κ3) is 2.13. The van der Waals surface area contributed by atoms with Gasteiger partial charge >= 0.3 is 17.8 Å². The van der Waals surface area contributed by atoms with Crippen molar-refractivity contribution in [3.05, 3.63) is 35.5 Å². The topological polar surface area (TPSA) is 104 Å². The number of benzene rings is 1. The van der Waals surface area contributed by atoms with Crippen molar-refractivity contribution in [3.63, 3.8) is 0 Å². The number of fused-ring (bicyclic) bond motifs is 1. The van der Waals surface area contributed by atoms with Gasteiger partial charge in [0, 0.05) is 29.1 Å². The van der Waals surface area contributed by atoms with Crippen molar-refractivity contribution in [1.29, 1.82) is 0 Å². The van der Waals surface area contributed by atoms with E-state index in [-0.39, 0.29) is 12.0 Å². The molecule has 0 amide bonds. The van der Waals surface area contributed by atoms with Crippen LogP contribution in [-0.2, 0) is 16.9 Å². The van der Waals surface area contributed by atoms with Crippen LogP contribution in [0.5, 0.6) is 0 Å². The molecule has 116 valence electrons. The molecule has 22 heavy (non-hydrogen) atoms. The minimum atomic E-state index is -4.60. The highest BCUT2D eigenvalue weighted by Gasteiger charge is 2.65. The fourth-order valence-corrected chi connectivity index (χ4v) is 2.33. The van der Waals surface area contributed by atoms with Gasteiger partial charge in [-0.15, -0.1) is 10.2 Å². The first-order chi connectivity index (χ1) is 10.2. The molecule has 0 radical (unpaired) electrons. The Morgan fingerprint density at radius 2 is 2.09 bits per heavy atom. The van der Waals surface area contributed by atoms with E-state index in [1.807, 2.05) is 0 Å². The van der Waals surface area contributed by atoms with Crippen molar-refractivity contribution in [3.8, 4) is 0 Å². The number of carboxylic acid groups (broad SMARTS) is 1. The lowest BCUT2D eigenvalue weighted by Gasteiger charge is -2.15. The van der Waals surface area contributed by atoms with E-state index in [1.165, 1.54) is 18.2 Å². The van der Waals surface area contributed by atoms with Crippen LogP contribution in [0.3, 0.4) is 0 Å². The Morgan fingerprint density at radius 1 is 1.41 bits per heavy atom. The van der Waals surface area contributed by atoms with Crippen LogP contribution >= 0.6 is 0 Å². The van der Waals surface area contributed by atoms with Crippen LogP contribution in [0.15, 0.2) is 34.6 Å². The second-order valence-corrected chi connectivity index (χ2v) is 5.09. The number of hydrogen-bond donors (Lipinski definition) is 3. The SMILES string of the molecule is N[C@@H](Cc1c[nH]c2ccc(C3(C(F)(F)F)N=N3)cc12)C(=O)O. The molecule has 6 nitrogen and oxygen atoms in total. The summed E-state index contributed by atoms with van der Waals surface area (Å²) in [6.45, 7) is 0. The molecule has 0 unspecified atom stereocenters. The van der Waals surface area contributed by atoms with Crippen LogP contribution in [-0.4, -0.2) is 28.3 Å². The predicted octanol–water partition coefficient (Wildman–Crippen LogP) is 2.30. The Kier molecular flexibility index (Phi) is 2.99. The van der Waals surface area contributed by atoms with E-state index >= 15 is 0 Å². The summed E-state index contributed by atoms with van der Waals surface area (Å²) >= 11 is 0. The Labute approximate surface area is 121 Å². The summed E-state index contributed by atoms with van der Waals surface area (Å²) in [6, 6.07) is 2.97. The van der Waals surface area contributed by atoms with Gasteiger partial charge in [-0.1, -0.05) is 6.07 Å². The maximum Gasteiger partial charge on any atom is 0.442 e. The number of carbonyl (C=O) groups is 1. The van der Waals surface area contributed by atoms with Gasteiger partial charge in [0.05, 0.1) is 0 Å². The molecule has 0 saturated carbocycles. The Balaban J connectivity index is 2.01. The monoisotopic (exact) mass is 312 g/mol. The van der Waals surface area contributed by atoms with Crippen LogP contribution in [0.4, 0.5) is 13.2 Å². The molecule has 1 aliphatic heterocycles. The number of carboxylic acids is 1. The van der Waals surface area contributed by atoms with Crippen molar-refractivity contribution in [1.82, 2.24) is 4.98 Å². The van der Waals surface area contributed by atoms with Crippen LogP contribution < -0.4 is 5.73 Å². The number of nitrogens with zero attached hydrogens (tertiary/aromatic N) is 2. The molecule has 0 bridgehead atoms. The quantitative estimate of drug-likeness (QED) is 0.807. The number of alkyl halides is 3. The lowest BCUT2D eigenvalue weighted by atomic mass is 9.98. The third-order valence-corrected chi connectivity index (χ3v) is 3.62. The zero-order chi connectivity index (χ0) is 16.1. The highest BCUT2D eigenvalue weighted by atomic mass is 19.4. The Hall–Kier alpha value is -2.42. The predicted molar refractivity (Wildman–Crippen MR) is 70.2 cm³/mol. The Morgan fingerprint density at radius 3 is 2.64 bits per heavy atom. The summed E-state index contributed by atoms with van der Waals surface area (Å²) in [4.78, 5) is 13.7. The average molecular weight is 312 g/mol. The van der Waals surface area contributed by atoms with Crippen molar-refractivity contribution >= 4 is 16.9 Å². The highest BCUT2D eigenvalue weighted by molar-refractivity contribution is 5.85. The molecule has 0 spiro atoms. The Bertz CT molecular complexity index is 775. The molecule has 1 aromatic carbocycles. The smallest absolute Gasteiger partial charge is 0.442 e. The van der Waals surface area contributed by atoms with Gasteiger partial charge in [-0.25, -0.2) is 0 Å². The van der Waals surface area contributed by atoms with Crippen molar-refractivity contribution in [2.75, 3.05) is 0 Å². The molecule has 0 fully saturated rings. The molecule has 2 heterocycles. The maximum absolute atomic E-state index is 13.0. The van der Waals surface area contributed by atoms with Gasteiger partial charge in [-0.3, -0.25) is 4.79 Å². The minimum Gasteiger partial charge on any atom is -0.480 e. The first-order valence-electron chi connectivity index (χ1n) is 6.34. The summed E-state index contributed by atoms with van der Waals surface area (Å²) in [5.74, 6) is -1.18. The molecule has 4 N–H and O–H groups in total. The van der Waals surface area contributed by atoms with Gasteiger partial charge in [0.2, 0.25) is 0 Å². The molecule has 1 atom stereocenters. The number of rotatable bonds is 4. The first-order valence-corrected chi connectivity index (χ1v) is 6.34. The fourth-order valence-electron chi connectivity index (χ4n) is 2.33. The zero-order valence-electron chi connectivity index (χ0n) is 11.1. The van der Waals surface area contributed by atoms with Crippen LogP contribution in [0.1, 0.15) is 11.1 Å². The molecular formula is C13H11F3N4O2. The van der Waals surface area contributed by atoms with E-state index < -0.39 is 23.9 Å². The molecule has 3 rings (SSSR count). The third-order valence-electron chi connectivity index (χ3n) is 3.62. The number of nitrogens with one attached hydrogen (secondary N) is 1. The molecule has 1 aromatic heterocycles. The first kappa shape index (κ1) is 14.5. The second-order valence-electron chi connectivity index (χ2n) is 5.09. The average Bonchev–Trinajstić information content (AvgIpc) is 3.17. The summed E-state index contributed by atoms with van der Waals surface area (Å²) < 4.78 is 39.1. The number of hydrogen-bond acceptors (Lipinski definition) is 4. The molecular weight excluding hydrogens is 301 g/mol. The van der Waals surface area contributed by atoms with E-state index in [0.717, 1.165) is 0 Å². The number of aromatic amines is 1. The van der Waals surface area contributed by atoms with Crippen molar-refractivity contribution in [2.45, 2.75) is 24.3 Å². The molecule has 0 saturated heterocycles. The molecule has 0 aliphatic carbocycles. The van der Waals surface area contributed by atoms with E-state index in [0.29, 0.717) is 16.5 Å². The van der Waals surface area contributed by atoms with E-state index in [2.05, 4.69) is 15.2 Å². The number of aliphatic carboxylic acids is 1. The zero-order valence-corrected chi connectivity index (χ0v) is 11.1. The van der Waals surface area contributed by atoms with Crippen LogP contribution in [0, 0.1) is 0 Å². The standard InChI is InChI=1S/C13H11F3N4O2/c14-13(15,16)12(19-20-12)7-1-2-10-8(4-7)6(5-18-10)3-9(17)11(21)22/h1-2,4-5,9,18H,3,17H2,(H,21,22)/t9-/m0/s1. The van der Waals surface area contributed by atoms with Gasteiger partial charge < -0.3 is 15.8 Å². The lowest BCUT2D eigenvalue weighted by molar-refractivity contribution is -0.166.